The van der Waals surface area contributed by atoms with E-state index < -0.39 is 0 Å². The Kier molecular flexibility index (Phi) is 10.5. The minimum Gasteiger partial charge on any atom is -0.282 e. The smallest absolute Gasteiger partial charge is 0.214 e. The van der Waals surface area contributed by atoms with E-state index in [1.54, 1.807) is 41.8 Å². The quantitative estimate of drug-likeness (QED) is 0.308. The Bertz CT molecular complexity index is 448. The van der Waals surface area contributed by atoms with Crippen molar-refractivity contribution < 1.29 is 4.79 Å². The molecule has 3 nitrogen and oxygen atoms in total. The molecule has 0 atom stereocenters. The SMILES string of the molecule is C=C(C)C(=O)SCCSc1nnc(SCCCCCC)s1. The zero-order valence-electron chi connectivity index (χ0n) is 12.6. The van der Waals surface area contributed by atoms with Gasteiger partial charge in [-0.15, -0.1) is 10.2 Å². The monoisotopic (exact) mass is 362 g/mol. The van der Waals surface area contributed by atoms with Crippen LogP contribution in [0.15, 0.2) is 20.8 Å². The maximum Gasteiger partial charge on any atom is 0.214 e. The molecule has 0 radical (unpaired) electrons. The summed E-state index contributed by atoms with van der Waals surface area (Å²) in [7, 11) is 0. The molecule has 7 heteroatoms. The summed E-state index contributed by atoms with van der Waals surface area (Å²) in [5.41, 5.74) is 0.614. The molecule has 0 saturated heterocycles. The third-order valence-corrected chi connectivity index (χ3v) is 7.06. The van der Waals surface area contributed by atoms with Crippen molar-refractivity contribution >= 4 is 51.7 Å². The van der Waals surface area contributed by atoms with Gasteiger partial charge in [-0.25, -0.2) is 0 Å². The first-order chi connectivity index (χ1) is 10.1. The Morgan fingerprint density at radius 2 is 1.76 bits per heavy atom. The van der Waals surface area contributed by atoms with E-state index in [1.165, 1.54) is 37.4 Å². The molecule has 0 amide bonds. The zero-order chi connectivity index (χ0) is 15.5. The Morgan fingerprint density at radius 3 is 2.38 bits per heavy atom. The van der Waals surface area contributed by atoms with Gasteiger partial charge >= 0.3 is 0 Å². The number of hydrogen-bond donors (Lipinski definition) is 0. The van der Waals surface area contributed by atoms with Crippen molar-refractivity contribution in [3.63, 3.8) is 0 Å². The first kappa shape index (κ1) is 19.1. The Morgan fingerprint density at radius 1 is 1.10 bits per heavy atom. The Hall–Kier alpha value is 0.0200. The van der Waals surface area contributed by atoms with E-state index in [-0.39, 0.29) is 5.12 Å². The van der Waals surface area contributed by atoms with Gasteiger partial charge in [0, 0.05) is 17.3 Å². The van der Waals surface area contributed by atoms with Gasteiger partial charge in [0.1, 0.15) is 0 Å². The highest BCUT2D eigenvalue weighted by Gasteiger charge is 2.07. The second-order valence-electron chi connectivity index (χ2n) is 4.51. The number of hydrogen-bond acceptors (Lipinski definition) is 7. The van der Waals surface area contributed by atoms with Gasteiger partial charge in [0.05, 0.1) is 0 Å². The Labute approximate surface area is 144 Å². The van der Waals surface area contributed by atoms with Crippen LogP contribution in [0.4, 0.5) is 0 Å². The van der Waals surface area contributed by atoms with Crippen molar-refractivity contribution in [2.24, 2.45) is 0 Å². The van der Waals surface area contributed by atoms with Crippen LogP contribution in [-0.4, -0.2) is 32.6 Å². The van der Waals surface area contributed by atoms with E-state index in [0.29, 0.717) is 5.57 Å². The van der Waals surface area contributed by atoms with E-state index >= 15 is 0 Å². The lowest BCUT2D eigenvalue weighted by molar-refractivity contribution is -0.107. The van der Waals surface area contributed by atoms with Gasteiger partial charge in [0.15, 0.2) is 8.68 Å². The molecule has 0 spiro atoms. The second-order valence-corrected chi connectivity index (χ2v) is 9.24. The van der Waals surface area contributed by atoms with E-state index in [9.17, 15) is 4.79 Å². The molecular formula is C14H22N2OS4. The second kappa shape index (κ2) is 11.6. The molecule has 0 bridgehead atoms. The van der Waals surface area contributed by atoms with Gasteiger partial charge in [-0.1, -0.05) is 79.4 Å². The fraction of sp³-hybridized carbons (Fsp3) is 0.643. The van der Waals surface area contributed by atoms with E-state index in [0.717, 1.165) is 25.9 Å². The number of rotatable bonds is 11. The maximum absolute atomic E-state index is 11.4. The molecule has 1 heterocycles. The maximum atomic E-state index is 11.4. The predicted octanol–water partition coefficient (Wildman–Crippen LogP) is 5.14. The molecule has 0 fully saturated rings. The standard InChI is InChI=1S/C14H22N2OS4/c1-4-5-6-7-8-19-13-15-16-14(21-13)20-10-9-18-12(17)11(2)3/h2,4-10H2,1,3H3. The van der Waals surface area contributed by atoms with Crippen LogP contribution >= 0.6 is 46.6 Å². The summed E-state index contributed by atoms with van der Waals surface area (Å²) < 4.78 is 2.05. The number of aromatic nitrogens is 2. The molecule has 118 valence electrons. The highest BCUT2D eigenvalue weighted by molar-refractivity contribution is 8.14. The molecule has 0 N–H and O–H groups in total. The average molecular weight is 363 g/mol. The molecule has 0 aromatic carbocycles. The summed E-state index contributed by atoms with van der Waals surface area (Å²) in [5.74, 6) is 2.79. The molecule has 0 aliphatic heterocycles. The number of nitrogens with zero attached hydrogens (tertiary/aromatic N) is 2. The van der Waals surface area contributed by atoms with Gasteiger partial charge in [-0.2, -0.15) is 0 Å². The number of thioether (sulfide) groups is 3. The number of carbonyl (C=O) groups is 1. The molecule has 0 saturated carbocycles. The summed E-state index contributed by atoms with van der Waals surface area (Å²) in [6.07, 6.45) is 5.15. The number of unbranched alkanes of at least 4 members (excludes halogenated alkanes) is 3. The summed E-state index contributed by atoms with van der Waals surface area (Å²) >= 11 is 6.45. The van der Waals surface area contributed by atoms with E-state index in [4.69, 9.17) is 0 Å². The molecule has 21 heavy (non-hydrogen) atoms. The summed E-state index contributed by atoms with van der Waals surface area (Å²) in [5, 5.41) is 8.46. The lowest BCUT2D eigenvalue weighted by Crippen LogP contribution is -1.95. The molecular weight excluding hydrogens is 340 g/mol. The molecule has 0 aliphatic carbocycles. The van der Waals surface area contributed by atoms with Crippen molar-refractivity contribution in [2.75, 3.05) is 17.3 Å². The van der Waals surface area contributed by atoms with Crippen molar-refractivity contribution in [3.05, 3.63) is 12.2 Å². The normalized spacial score (nSPS) is 10.8. The third kappa shape index (κ3) is 8.90. The van der Waals surface area contributed by atoms with E-state index in [1.807, 2.05) is 0 Å². The molecule has 1 rings (SSSR count). The summed E-state index contributed by atoms with van der Waals surface area (Å²) in [6, 6.07) is 0. The largest absolute Gasteiger partial charge is 0.282 e. The average Bonchev–Trinajstić information content (AvgIpc) is 2.91. The fourth-order valence-corrected chi connectivity index (χ4v) is 5.30. The van der Waals surface area contributed by atoms with Crippen LogP contribution < -0.4 is 0 Å². The van der Waals surface area contributed by atoms with Gasteiger partial charge in [0.25, 0.3) is 0 Å². The van der Waals surface area contributed by atoms with Crippen LogP contribution in [0.25, 0.3) is 0 Å². The topological polar surface area (TPSA) is 42.9 Å². The van der Waals surface area contributed by atoms with Crippen LogP contribution in [0.2, 0.25) is 0 Å². The molecule has 1 aromatic heterocycles. The van der Waals surface area contributed by atoms with Crippen LogP contribution in [0.3, 0.4) is 0 Å². The molecule has 0 aliphatic rings. The Balaban J connectivity index is 2.14. The van der Waals surface area contributed by atoms with Crippen LogP contribution in [0.5, 0.6) is 0 Å². The minimum atomic E-state index is 0.0798. The highest BCUT2D eigenvalue weighted by atomic mass is 32.2. The first-order valence-electron chi connectivity index (χ1n) is 7.05. The lowest BCUT2D eigenvalue weighted by atomic mass is 10.2. The predicted molar refractivity (Wildman–Crippen MR) is 97.8 cm³/mol. The summed E-state index contributed by atoms with van der Waals surface area (Å²) in [4.78, 5) is 11.4. The van der Waals surface area contributed by atoms with Crippen LogP contribution in [0.1, 0.15) is 39.5 Å². The van der Waals surface area contributed by atoms with Gasteiger partial charge in [-0.3, -0.25) is 4.79 Å². The van der Waals surface area contributed by atoms with Crippen LogP contribution in [0, 0.1) is 0 Å². The highest BCUT2D eigenvalue weighted by Crippen LogP contribution is 2.29. The van der Waals surface area contributed by atoms with Gasteiger partial charge < -0.3 is 0 Å². The van der Waals surface area contributed by atoms with Crippen molar-refractivity contribution in [3.8, 4) is 0 Å². The van der Waals surface area contributed by atoms with Crippen molar-refractivity contribution in [1.82, 2.24) is 10.2 Å². The first-order valence-corrected chi connectivity index (χ1v) is 10.8. The molecule has 1 aromatic rings. The molecule has 0 unspecified atom stereocenters. The van der Waals surface area contributed by atoms with Crippen molar-refractivity contribution in [1.29, 1.82) is 0 Å². The number of carbonyl (C=O) groups excluding carboxylic acids is 1. The minimum absolute atomic E-state index is 0.0798. The van der Waals surface area contributed by atoms with Gasteiger partial charge in [-0.05, 0) is 18.9 Å². The van der Waals surface area contributed by atoms with Crippen molar-refractivity contribution in [2.45, 2.75) is 48.2 Å². The van der Waals surface area contributed by atoms with Crippen LogP contribution in [-0.2, 0) is 4.79 Å². The fourth-order valence-electron chi connectivity index (χ4n) is 1.39. The summed E-state index contributed by atoms with van der Waals surface area (Å²) in [6.45, 7) is 7.62. The van der Waals surface area contributed by atoms with E-state index in [2.05, 4.69) is 23.7 Å². The lowest BCUT2D eigenvalue weighted by Gasteiger charge is -1.98. The zero-order valence-corrected chi connectivity index (χ0v) is 15.9. The third-order valence-electron chi connectivity index (χ3n) is 2.50. The van der Waals surface area contributed by atoms with Gasteiger partial charge in [0.2, 0.25) is 5.12 Å².